The van der Waals surface area contributed by atoms with Crippen molar-refractivity contribution in [2.45, 2.75) is 52.6 Å². The van der Waals surface area contributed by atoms with Crippen LogP contribution in [0.5, 0.6) is 0 Å². The van der Waals surface area contributed by atoms with Crippen LogP contribution in [-0.4, -0.2) is 27.7 Å². The lowest BCUT2D eigenvalue weighted by Crippen LogP contribution is -2.28. The van der Waals surface area contributed by atoms with Crippen molar-refractivity contribution < 1.29 is 5.11 Å². The Balaban J connectivity index is 2.69. The first-order valence-corrected chi connectivity index (χ1v) is 7.43. The van der Waals surface area contributed by atoms with Crippen LogP contribution in [0.3, 0.4) is 0 Å². The Morgan fingerprint density at radius 2 is 1.95 bits per heavy atom. The smallest absolute Gasteiger partial charge is 0.137 e. The molecule has 0 aromatic carbocycles. The minimum absolute atomic E-state index is 0.319. The van der Waals surface area contributed by atoms with Crippen molar-refractivity contribution in [2.24, 2.45) is 5.92 Å². The van der Waals surface area contributed by atoms with Crippen molar-refractivity contribution in [3.05, 3.63) is 17.0 Å². The number of aliphatic hydroxyl groups is 1. The van der Waals surface area contributed by atoms with Gasteiger partial charge >= 0.3 is 0 Å². The summed E-state index contributed by atoms with van der Waals surface area (Å²) < 4.78 is 0. The van der Waals surface area contributed by atoms with Gasteiger partial charge in [-0.15, -0.1) is 0 Å². The van der Waals surface area contributed by atoms with Gasteiger partial charge in [-0.25, -0.2) is 9.97 Å². The average molecular weight is 286 g/mol. The third-order valence-corrected chi connectivity index (χ3v) is 3.79. The number of rotatable bonds is 8. The second-order valence-electron chi connectivity index (χ2n) is 4.77. The first-order chi connectivity index (χ1) is 9.13. The first-order valence-electron chi connectivity index (χ1n) is 7.05. The lowest BCUT2D eigenvalue weighted by atomic mass is 9.96. The third kappa shape index (κ3) is 4.62. The van der Waals surface area contributed by atoms with Crippen LogP contribution in [0.1, 0.15) is 45.6 Å². The molecule has 0 saturated carbocycles. The van der Waals surface area contributed by atoms with Gasteiger partial charge in [0.2, 0.25) is 0 Å². The van der Waals surface area contributed by atoms with E-state index in [2.05, 4.69) is 36.1 Å². The number of nitrogens with one attached hydrogen (secondary N) is 1. The van der Waals surface area contributed by atoms with Crippen LogP contribution < -0.4 is 5.32 Å². The molecule has 0 radical (unpaired) electrons. The standard InChI is InChI=1S/C14H24ClN3O/c1-4-7-11-13(15)17-9-18-14(11)16-8-12(19)10(5-2)6-3/h9-10,12,19H,4-8H2,1-3H3,(H,16,17,18). The van der Waals surface area contributed by atoms with Crippen LogP contribution in [0.15, 0.2) is 6.33 Å². The molecule has 0 fully saturated rings. The van der Waals surface area contributed by atoms with Gasteiger partial charge in [0.15, 0.2) is 0 Å². The van der Waals surface area contributed by atoms with E-state index < -0.39 is 0 Å². The maximum atomic E-state index is 10.1. The Morgan fingerprint density at radius 3 is 2.53 bits per heavy atom. The van der Waals surface area contributed by atoms with Gasteiger partial charge in [0.1, 0.15) is 17.3 Å². The van der Waals surface area contributed by atoms with Crippen LogP contribution in [0.25, 0.3) is 0 Å². The minimum atomic E-state index is -0.363. The average Bonchev–Trinajstić information content (AvgIpc) is 2.41. The van der Waals surface area contributed by atoms with E-state index in [4.69, 9.17) is 11.6 Å². The molecule has 1 unspecified atom stereocenters. The van der Waals surface area contributed by atoms with Crippen LogP contribution in [0.2, 0.25) is 5.15 Å². The molecule has 0 saturated heterocycles. The highest BCUT2D eigenvalue weighted by molar-refractivity contribution is 6.30. The number of hydrogen-bond donors (Lipinski definition) is 2. The zero-order valence-corrected chi connectivity index (χ0v) is 12.7. The molecular formula is C14H24ClN3O. The number of nitrogens with zero attached hydrogens (tertiary/aromatic N) is 2. The summed E-state index contributed by atoms with van der Waals surface area (Å²) in [7, 11) is 0. The Labute approximate surface area is 120 Å². The summed E-state index contributed by atoms with van der Waals surface area (Å²) in [5.74, 6) is 1.06. The van der Waals surface area contributed by atoms with Gasteiger partial charge in [-0.1, -0.05) is 51.6 Å². The van der Waals surface area contributed by atoms with E-state index in [0.29, 0.717) is 17.6 Å². The lowest BCUT2D eigenvalue weighted by molar-refractivity contribution is 0.114. The lowest BCUT2D eigenvalue weighted by Gasteiger charge is -2.21. The normalized spacial score (nSPS) is 12.7. The molecule has 2 N–H and O–H groups in total. The summed E-state index contributed by atoms with van der Waals surface area (Å²) in [4.78, 5) is 8.23. The molecule has 1 aromatic heterocycles. The Bertz CT molecular complexity index is 383. The Kier molecular flexibility index (Phi) is 7.10. The summed E-state index contributed by atoms with van der Waals surface area (Å²) >= 11 is 6.09. The number of halogens is 1. The topological polar surface area (TPSA) is 58.0 Å². The summed E-state index contributed by atoms with van der Waals surface area (Å²) in [5, 5.41) is 13.8. The molecule has 4 nitrogen and oxygen atoms in total. The molecule has 1 heterocycles. The van der Waals surface area contributed by atoms with Crippen molar-refractivity contribution >= 4 is 17.4 Å². The van der Waals surface area contributed by atoms with Gasteiger partial charge < -0.3 is 10.4 Å². The van der Waals surface area contributed by atoms with E-state index in [1.54, 1.807) is 0 Å². The Hall–Kier alpha value is -0.870. The highest BCUT2D eigenvalue weighted by Crippen LogP contribution is 2.22. The second-order valence-corrected chi connectivity index (χ2v) is 5.12. The summed E-state index contributed by atoms with van der Waals surface area (Å²) in [6, 6.07) is 0. The van der Waals surface area contributed by atoms with Crippen molar-refractivity contribution in [3.63, 3.8) is 0 Å². The quantitative estimate of drug-likeness (QED) is 0.720. The summed E-state index contributed by atoms with van der Waals surface area (Å²) in [6.45, 7) is 6.78. The van der Waals surface area contributed by atoms with E-state index in [1.165, 1.54) is 6.33 Å². The zero-order valence-electron chi connectivity index (χ0n) is 12.0. The van der Waals surface area contributed by atoms with Gasteiger partial charge in [0.05, 0.1) is 6.10 Å². The predicted octanol–water partition coefficient (Wildman–Crippen LogP) is 3.29. The fraction of sp³-hybridized carbons (Fsp3) is 0.714. The van der Waals surface area contributed by atoms with Gasteiger partial charge in [-0.2, -0.15) is 0 Å². The van der Waals surface area contributed by atoms with E-state index >= 15 is 0 Å². The maximum absolute atomic E-state index is 10.1. The molecule has 0 amide bonds. The number of hydrogen-bond acceptors (Lipinski definition) is 4. The van der Waals surface area contributed by atoms with Gasteiger partial charge in [0.25, 0.3) is 0 Å². The molecule has 1 rings (SSSR count). The maximum Gasteiger partial charge on any atom is 0.137 e. The summed E-state index contributed by atoms with van der Waals surface area (Å²) in [6.07, 6.45) is 4.86. The largest absolute Gasteiger partial charge is 0.391 e. The second kappa shape index (κ2) is 8.33. The zero-order chi connectivity index (χ0) is 14.3. The van der Waals surface area contributed by atoms with E-state index in [-0.39, 0.29) is 6.10 Å². The SMILES string of the molecule is CCCc1c(Cl)ncnc1NCC(O)C(CC)CC. The highest BCUT2D eigenvalue weighted by Gasteiger charge is 2.16. The molecular weight excluding hydrogens is 262 g/mol. The Morgan fingerprint density at radius 1 is 1.26 bits per heavy atom. The van der Waals surface area contributed by atoms with Crippen LogP contribution in [-0.2, 0) is 6.42 Å². The molecule has 0 aliphatic rings. The minimum Gasteiger partial charge on any atom is -0.391 e. The van der Waals surface area contributed by atoms with Crippen LogP contribution >= 0.6 is 11.6 Å². The predicted molar refractivity (Wildman–Crippen MR) is 79.6 cm³/mol. The van der Waals surface area contributed by atoms with Crippen molar-refractivity contribution in [1.82, 2.24) is 9.97 Å². The van der Waals surface area contributed by atoms with Gasteiger partial charge in [-0.3, -0.25) is 0 Å². The van der Waals surface area contributed by atoms with E-state index in [9.17, 15) is 5.11 Å². The fourth-order valence-corrected chi connectivity index (χ4v) is 2.44. The van der Waals surface area contributed by atoms with E-state index in [1.807, 2.05) is 0 Å². The molecule has 1 atom stereocenters. The van der Waals surface area contributed by atoms with Gasteiger partial charge in [-0.05, 0) is 12.3 Å². The highest BCUT2D eigenvalue weighted by atomic mass is 35.5. The molecule has 1 aromatic rings. The third-order valence-electron chi connectivity index (χ3n) is 3.46. The monoisotopic (exact) mass is 285 g/mol. The molecule has 0 spiro atoms. The first kappa shape index (κ1) is 16.2. The molecule has 19 heavy (non-hydrogen) atoms. The molecule has 0 aliphatic carbocycles. The van der Waals surface area contributed by atoms with Crippen LogP contribution in [0.4, 0.5) is 5.82 Å². The molecule has 108 valence electrons. The van der Waals surface area contributed by atoms with Crippen molar-refractivity contribution in [2.75, 3.05) is 11.9 Å². The fourth-order valence-electron chi connectivity index (χ4n) is 2.22. The number of aliphatic hydroxyl groups excluding tert-OH is 1. The number of aromatic nitrogens is 2. The van der Waals surface area contributed by atoms with Crippen molar-refractivity contribution in [1.29, 1.82) is 0 Å². The molecule has 0 aliphatic heterocycles. The van der Waals surface area contributed by atoms with Crippen LogP contribution in [0, 0.1) is 5.92 Å². The molecule has 5 heteroatoms. The summed E-state index contributed by atoms with van der Waals surface area (Å²) in [5.41, 5.74) is 0.934. The molecule has 0 bridgehead atoms. The number of anilines is 1. The van der Waals surface area contributed by atoms with E-state index in [0.717, 1.165) is 37.1 Å². The van der Waals surface area contributed by atoms with Gasteiger partial charge in [0, 0.05) is 12.1 Å². The van der Waals surface area contributed by atoms with Crippen molar-refractivity contribution in [3.8, 4) is 0 Å².